The number of hydrogen-bond acceptors (Lipinski definition) is 4. The van der Waals surface area contributed by atoms with Crippen LogP contribution in [0.2, 0.25) is 0 Å². The zero-order valence-corrected chi connectivity index (χ0v) is 8.20. The number of nitrogens with zero attached hydrogens (tertiary/aromatic N) is 1. The molecule has 15 heavy (non-hydrogen) atoms. The van der Waals surface area contributed by atoms with Gasteiger partial charge in [0.25, 0.3) is 6.43 Å². The molecule has 0 bridgehead atoms. The van der Waals surface area contributed by atoms with Crippen molar-refractivity contribution in [2.75, 3.05) is 7.11 Å². The Morgan fingerprint density at radius 3 is 2.67 bits per heavy atom. The van der Waals surface area contributed by atoms with E-state index in [0.29, 0.717) is 0 Å². The van der Waals surface area contributed by atoms with Crippen molar-refractivity contribution >= 4 is 0 Å². The van der Waals surface area contributed by atoms with Gasteiger partial charge in [-0.1, -0.05) is 0 Å². The van der Waals surface area contributed by atoms with E-state index in [1.807, 2.05) is 0 Å². The third kappa shape index (κ3) is 2.40. The summed E-state index contributed by atoms with van der Waals surface area (Å²) in [6, 6.07) is 1.11. The van der Waals surface area contributed by atoms with Gasteiger partial charge in [-0.15, -0.1) is 0 Å². The lowest BCUT2D eigenvalue weighted by Crippen LogP contribution is -2.08. The SMILES string of the molecule is COc1c(C(F)F)cc(CO)nc1CN. The maximum atomic E-state index is 12.6. The molecule has 0 radical (unpaired) electrons. The highest BCUT2D eigenvalue weighted by Crippen LogP contribution is 2.31. The van der Waals surface area contributed by atoms with E-state index in [-0.39, 0.29) is 29.2 Å². The van der Waals surface area contributed by atoms with Crippen molar-refractivity contribution in [1.82, 2.24) is 4.98 Å². The molecule has 1 rings (SSSR count). The lowest BCUT2D eigenvalue weighted by Gasteiger charge is -2.12. The van der Waals surface area contributed by atoms with Gasteiger partial charge in [-0.25, -0.2) is 8.78 Å². The fourth-order valence-electron chi connectivity index (χ4n) is 1.29. The number of aliphatic hydroxyl groups is 1. The van der Waals surface area contributed by atoms with Crippen molar-refractivity contribution in [2.24, 2.45) is 5.73 Å². The quantitative estimate of drug-likeness (QED) is 0.790. The van der Waals surface area contributed by atoms with Gasteiger partial charge in [-0.2, -0.15) is 0 Å². The fraction of sp³-hybridized carbons (Fsp3) is 0.444. The first kappa shape index (κ1) is 11.8. The van der Waals surface area contributed by atoms with Crippen molar-refractivity contribution in [3.63, 3.8) is 0 Å². The van der Waals surface area contributed by atoms with Gasteiger partial charge in [0.05, 0.1) is 30.7 Å². The molecule has 0 aliphatic heterocycles. The van der Waals surface area contributed by atoms with Crippen LogP contribution in [0.15, 0.2) is 6.07 Å². The summed E-state index contributed by atoms with van der Waals surface area (Å²) in [6.07, 6.45) is -2.68. The average Bonchev–Trinajstić information content (AvgIpc) is 2.26. The molecule has 0 spiro atoms. The molecular weight excluding hydrogens is 206 g/mol. The summed E-state index contributed by atoms with van der Waals surface area (Å²) in [5.41, 5.74) is 5.44. The highest BCUT2D eigenvalue weighted by Gasteiger charge is 2.19. The monoisotopic (exact) mass is 218 g/mol. The predicted molar refractivity (Wildman–Crippen MR) is 49.6 cm³/mol. The number of nitrogens with two attached hydrogens (primary N) is 1. The predicted octanol–water partition coefficient (Wildman–Crippen LogP) is 0.979. The summed E-state index contributed by atoms with van der Waals surface area (Å²) in [7, 11) is 1.28. The Hall–Kier alpha value is -1.27. The summed E-state index contributed by atoms with van der Waals surface area (Å²) in [6.45, 7) is -0.423. The Morgan fingerprint density at radius 1 is 1.60 bits per heavy atom. The highest BCUT2D eigenvalue weighted by atomic mass is 19.3. The summed E-state index contributed by atoms with van der Waals surface area (Å²) < 4.78 is 30.1. The van der Waals surface area contributed by atoms with Crippen molar-refractivity contribution < 1.29 is 18.6 Å². The molecule has 1 aromatic rings. The van der Waals surface area contributed by atoms with E-state index in [9.17, 15) is 8.78 Å². The number of rotatable bonds is 4. The average molecular weight is 218 g/mol. The van der Waals surface area contributed by atoms with Crippen molar-refractivity contribution in [2.45, 2.75) is 19.6 Å². The van der Waals surface area contributed by atoms with E-state index in [1.54, 1.807) is 0 Å². The number of alkyl halides is 2. The van der Waals surface area contributed by atoms with Gasteiger partial charge in [0.15, 0.2) is 5.75 Å². The van der Waals surface area contributed by atoms with Crippen molar-refractivity contribution in [3.8, 4) is 5.75 Å². The van der Waals surface area contributed by atoms with E-state index in [4.69, 9.17) is 15.6 Å². The topological polar surface area (TPSA) is 68.4 Å². The number of pyridine rings is 1. The molecule has 0 atom stereocenters. The molecule has 6 heteroatoms. The molecule has 84 valence electrons. The molecule has 0 aliphatic carbocycles. The summed E-state index contributed by atoms with van der Waals surface area (Å²) in [5, 5.41) is 8.84. The van der Waals surface area contributed by atoms with Gasteiger partial charge < -0.3 is 15.6 Å². The van der Waals surface area contributed by atoms with Gasteiger partial charge in [-0.3, -0.25) is 4.98 Å². The maximum absolute atomic E-state index is 12.6. The summed E-state index contributed by atoms with van der Waals surface area (Å²) in [4.78, 5) is 3.89. The molecule has 1 aromatic heterocycles. The molecule has 0 aromatic carbocycles. The zero-order chi connectivity index (χ0) is 11.4. The maximum Gasteiger partial charge on any atom is 0.267 e. The first-order valence-electron chi connectivity index (χ1n) is 4.29. The Labute approximate surface area is 85.7 Å². The Kier molecular flexibility index (Phi) is 3.93. The third-order valence-corrected chi connectivity index (χ3v) is 1.92. The van der Waals surface area contributed by atoms with Crippen LogP contribution in [0.25, 0.3) is 0 Å². The number of hydrogen-bond donors (Lipinski definition) is 2. The number of aliphatic hydroxyl groups excluding tert-OH is 1. The molecule has 0 aliphatic rings. The molecular formula is C9H12F2N2O2. The van der Waals surface area contributed by atoms with Crippen LogP contribution in [-0.4, -0.2) is 17.2 Å². The van der Waals surface area contributed by atoms with E-state index in [2.05, 4.69) is 4.98 Å². The van der Waals surface area contributed by atoms with Crippen LogP contribution in [0.1, 0.15) is 23.4 Å². The number of methoxy groups -OCH3 is 1. The van der Waals surface area contributed by atoms with Crippen LogP contribution < -0.4 is 10.5 Å². The molecule has 0 saturated heterocycles. The lowest BCUT2D eigenvalue weighted by molar-refractivity contribution is 0.146. The molecule has 1 heterocycles. The van der Waals surface area contributed by atoms with Gasteiger partial charge in [0, 0.05) is 6.54 Å². The van der Waals surface area contributed by atoms with Crippen molar-refractivity contribution in [1.29, 1.82) is 0 Å². The minimum absolute atomic E-state index is 0.00954. The molecule has 3 N–H and O–H groups in total. The van der Waals surface area contributed by atoms with Crippen LogP contribution in [-0.2, 0) is 13.2 Å². The molecule has 4 nitrogen and oxygen atoms in total. The van der Waals surface area contributed by atoms with Crippen LogP contribution in [0.5, 0.6) is 5.75 Å². The van der Waals surface area contributed by atoms with Gasteiger partial charge in [0.2, 0.25) is 0 Å². The summed E-state index contributed by atoms with van der Waals surface area (Å²) in [5.74, 6) is -0.00954. The first-order valence-corrected chi connectivity index (χ1v) is 4.29. The van der Waals surface area contributed by atoms with Gasteiger partial charge in [0.1, 0.15) is 0 Å². The largest absolute Gasteiger partial charge is 0.494 e. The Bertz CT molecular complexity index is 345. The fourth-order valence-corrected chi connectivity index (χ4v) is 1.29. The Balaban J connectivity index is 3.32. The zero-order valence-electron chi connectivity index (χ0n) is 8.20. The van der Waals surface area contributed by atoms with E-state index >= 15 is 0 Å². The van der Waals surface area contributed by atoms with E-state index in [1.165, 1.54) is 7.11 Å². The minimum atomic E-state index is -2.68. The van der Waals surface area contributed by atoms with Crippen LogP contribution in [0.4, 0.5) is 8.78 Å². The highest BCUT2D eigenvalue weighted by molar-refractivity contribution is 5.39. The van der Waals surface area contributed by atoms with E-state index in [0.717, 1.165) is 6.07 Å². The second-order valence-corrected chi connectivity index (χ2v) is 2.85. The van der Waals surface area contributed by atoms with Crippen LogP contribution in [0, 0.1) is 0 Å². The second kappa shape index (κ2) is 4.99. The smallest absolute Gasteiger partial charge is 0.267 e. The summed E-state index contributed by atoms with van der Waals surface area (Å²) >= 11 is 0. The second-order valence-electron chi connectivity index (χ2n) is 2.85. The minimum Gasteiger partial charge on any atom is -0.494 e. The number of halogens is 2. The first-order chi connectivity index (χ1) is 7.13. The van der Waals surface area contributed by atoms with E-state index < -0.39 is 13.0 Å². The Morgan fingerprint density at radius 2 is 2.27 bits per heavy atom. The van der Waals surface area contributed by atoms with Crippen molar-refractivity contribution in [3.05, 3.63) is 23.0 Å². The molecule has 0 fully saturated rings. The lowest BCUT2D eigenvalue weighted by atomic mass is 10.1. The van der Waals surface area contributed by atoms with Gasteiger partial charge in [-0.05, 0) is 6.07 Å². The third-order valence-electron chi connectivity index (χ3n) is 1.92. The number of ether oxygens (including phenoxy) is 1. The molecule has 0 saturated carbocycles. The molecule has 0 amide bonds. The standard InChI is InChI=1S/C9H12F2N2O2/c1-15-8-6(9(10)11)2-5(4-14)13-7(8)3-12/h2,9,14H,3-4,12H2,1H3. The van der Waals surface area contributed by atoms with Gasteiger partial charge >= 0.3 is 0 Å². The van der Waals surface area contributed by atoms with Crippen LogP contribution >= 0.6 is 0 Å². The molecule has 0 unspecified atom stereocenters. The normalized spacial score (nSPS) is 10.8. The number of aromatic nitrogens is 1. The van der Waals surface area contributed by atoms with Crippen LogP contribution in [0.3, 0.4) is 0 Å².